The summed E-state index contributed by atoms with van der Waals surface area (Å²) in [5.74, 6) is 0.289. The molecule has 0 heterocycles. The standard InChI is InChI=1S/C8H12N4.C4H10N2.ClH/c1-7(3-9)5-11-12-6-8(2)4-10;1-3(2)4(5)6;/h7-8H,5-6H2,1-2H3;3H,1-2H3,(H3,5,6);1H. The average Bonchev–Trinajstić information content (AvgIpc) is 2.34. The summed E-state index contributed by atoms with van der Waals surface area (Å²) in [6.45, 7) is 8.20. The van der Waals surface area contributed by atoms with Crippen molar-refractivity contribution in [2.75, 3.05) is 13.1 Å². The van der Waals surface area contributed by atoms with E-state index in [9.17, 15) is 0 Å². The summed E-state index contributed by atoms with van der Waals surface area (Å²) in [5, 5.41) is 31.1. The molecule has 0 bridgehead atoms. The topological polar surface area (TPSA) is 122 Å². The van der Waals surface area contributed by atoms with Crippen molar-refractivity contribution >= 4 is 18.2 Å². The average molecular weight is 287 g/mol. The van der Waals surface area contributed by atoms with Gasteiger partial charge in [0.25, 0.3) is 0 Å². The summed E-state index contributed by atoms with van der Waals surface area (Å²) in [4.78, 5) is 0. The van der Waals surface area contributed by atoms with Crippen molar-refractivity contribution < 1.29 is 0 Å². The highest BCUT2D eigenvalue weighted by Crippen LogP contribution is 1.96. The molecule has 0 radical (unpaired) electrons. The normalized spacial score (nSPS) is 12.4. The Hall–Kier alpha value is -1.66. The first-order valence-electron chi connectivity index (χ1n) is 5.81. The zero-order valence-corrected chi connectivity index (χ0v) is 12.7. The summed E-state index contributed by atoms with van der Waals surface area (Å²) in [7, 11) is 0. The molecule has 0 aliphatic heterocycles. The summed E-state index contributed by atoms with van der Waals surface area (Å²) >= 11 is 0. The zero-order chi connectivity index (χ0) is 14.6. The summed E-state index contributed by atoms with van der Waals surface area (Å²) < 4.78 is 0. The van der Waals surface area contributed by atoms with Gasteiger partial charge in [-0.15, -0.1) is 12.4 Å². The highest BCUT2D eigenvalue weighted by Gasteiger charge is 1.97. The van der Waals surface area contributed by atoms with Crippen molar-refractivity contribution in [3.05, 3.63) is 0 Å². The first kappa shape index (κ1) is 22.5. The van der Waals surface area contributed by atoms with Gasteiger partial charge in [0.05, 0.1) is 42.9 Å². The Balaban J connectivity index is -0.000000313. The van der Waals surface area contributed by atoms with E-state index in [4.69, 9.17) is 21.7 Å². The minimum atomic E-state index is -0.0915. The van der Waals surface area contributed by atoms with Crippen LogP contribution in [-0.4, -0.2) is 18.9 Å². The quantitative estimate of drug-likeness (QED) is 0.459. The van der Waals surface area contributed by atoms with E-state index in [1.807, 2.05) is 26.0 Å². The van der Waals surface area contributed by atoms with Gasteiger partial charge in [-0.1, -0.05) is 13.8 Å². The Labute approximate surface area is 121 Å². The molecule has 0 aliphatic carbocycles. The minimum absolute atomic E-state index is 0. The molecule has 0 aromatic heterocycles. The lowest BCUT2D eigenvalue weighted by Crippen LogP contribution is -2.16. The van der Waals surface area contributed by atoms with E-state index in [0.717, 1.165) is 0 Å². The van der Waals surface area contributed by atoms with Gasteiger partial charge in [-0.05, 0) is 13.8 Å². The number of nitrogens with two attached hydrogens (primary N) is 1. The molecular formula is C12H23ClN6. The van der Waals surface area contributed by atoms with Crippen LogP contribution in [0.5, 0.6) is 0 Å². The van der Waals surface area contributed by atoms with Gasteiger partial charge < -0.3 is 5.73 Å². The van der Waals surface area contributed by atoms with E-state index in [1.54, 1.807) is 13.8 Å². The van der Waals surface area contributed by atoms with Gasteiger partial charge in [0, 0.05) is 5.92 Å². The SMILES string of the molecule is CC(C#N)CN=NCC(C)C#N.CC(C)C(=N)N.Cl. The minimum Gasteiger partial charge on any atom is -0.387 e. The molecular weight excluding hydrogens is 264 g/mol. The molecule has 0 aliphatic rings. The molecule has 3 N–H and O–H groups in total. The van der Waals surface area contributed by atoms with Crippen LogP contribution in [0.15, 0.2) is 10.2 Å². The fourth-order valence-corrected chi connectivity index (χ4v) is 0.442. The van der Waals surface area contributed by atoms with E-state index < -0.39 is 0 Å². The van der Waals surface area contributed by atoms with Crippen molar-refractivity contribution in [1.29, 1.82) is 15.9 Å². The van der Waals surface area contributed by atoms with Crippen molar-refractivity contribution in [2.24, 2.45) is 33.7 Å². The molecule has 0 saturated heterocycles. The molecule has 0 saturated carbocycles. The lowest BCUT2D eigenvalue weighted by Gasteiger charge is -1.95. The number of nitrogens with one attached hydrogen (secondary N) is 1. The van der Waals surface area contributed by atoms with E-state index in [2.05, 4.69) is 10.2 Å². The van der Waals surface area contributed by atoms with Crippen LogP contribution in [0.1, 0.15) is 27.7 Å². The molecule has 7 heteroatoms. The van der Waals surface area contributed by atoms with Gasteiger partial charge >= 0.3 is 0 Å². The van der Waals surface area contributed by atoms with Gasteiger partial charge in [-0.2, -0.15) is 20.8 Å². The van der Waals surface area contributed by atoms with Crippen LogP contribution in [0.2, 0.25) is 0 Å². The fourth-order valence-electron chi connectivity index (χ4n) is 0.442. The maximum Gasteiger partial charge on any atom is 0.0931 e. The van der Waals surface area contributed by atoms with Crippen molar-refractivity contribution in [3.63, 3.8) is 0 Å². The second-order valence-corrected chi connectivity index (χ2v) is 4.32. The molecule has 0 rings (SSSR count). The lowest BCUT2D eigenvalue weighted by molar-refractivity contribution is 0.667. The van der Waals surface area contributed by atoms with Crippen molar-refractivity contribution in [1.82, 2.24) is 0 Å². The molecule has 0 aromatic rings. The summed E-state index contributed by atoms with van der Waals surface area (Å²) in [5.41, 5.74) is 5.02. The molecule has 2 atom stereocenters. The first-order chi connectivity index (χ1) is 8.34. The second-order valence-electron chi connectivity index (χ2n) is 4.32. The molecule has 6 nitrogen and oxygen atoms in total. The number of hydrogen-bond donors (Lipinski definition) is 2. The number of nitrogens with zero attached hydrogens (tertiary/aromatic N) is 4. The number of nitriles is 2. The van der Waals surface area contributed by atoms with Gasteiger partial charge in [-0.25, -0.2) is 0 Å². The Morgan fingerprint density at radius 2 is 1.32 bits per heavy atom. The van der Waals surface area contributed by atoms with Crippen molar-refractivity contribution in [3.8, 4) is 12.1 Å². The Morgan fingerprint density at radius 1 is 1.05 bits per heavy atom. The van der Waals surface area contributed by atoms with E-state index >= 15 is 0 Å². The predicted molar refractivity (Wildman–Crippen MR) is 78.1 cm³/mol. The van der Waals surface area contributed by atoms with Crippen LogP contribution < -0.4 is 5.73 Å². The zero-order valence-electron chi connectivity index (χ0n) is 11.9. The van der Waals surface area contributed by atoms with E-state index in [-0.39, 0.29) is 36.0 Å². The maximum absolute atomic E-state index is 8.39. The van der Waals surface area contributed by atoms with Crippen LogP contribution in [0.3, 0.4) is 0 Å². The number of rotatable bonds is 5. The molecule has 0 amide bonds. The Morgan fingerprint density at radius 3 is 1.47 bits per heavy atom. The smallest absolute Gasteiger partial charge is 0.0931 e. The van der Waals surface area contributed by atoms with Crippen LogP contribution in [0, 0.1) is 45.8 Å². The number of hydrogen-bond acceptors (Lipinski definition) is 5. The van der Waals surface area contributed by atoms with Crippen molar-refractivity contribution in [2.45, 2.75) is 27.7 Å². The molecule has 108 valence electrons. The number of azo groups is 1. The lowest BCUT2D eigenvalue weighted by atomic mass is 10.2. The van der Waals surface area contributed by atoms with E-state index in [1.165, 1.54) is 0 Å². The molecule has 19 heavy (non-hydrogen) atoms. The molecule has 0 fully saturated rings. The van der Waals surface area contributed by atoms with Gasteiger partial charge in [0.15, 0.2) is 0 Å². The summed E-state index contributed by atoms with van der Waals surface area (Å²) in [6.07, 6.45) is 0. The number of halogens is 1. The number of amidine groups is 1. The largest absolute Gasteiger partial charge is 0.387 e. The third-order valence-corrected chi connectivity index (χ3v) is 1.87. The maximum atomic E-state index is 8.39. The highest BCUT2D eigenvalue weighted by atomic mass is 35.5. The van der Waals surface area contributed by atoms with Crippen LogP contribution in [-0.2, 0) is 0 Å². The molecule has 0 aromatic carbocycles. The predicted octanol–water partition coefficient (Wildman–Crippen LogP) is 2.76. The fraction of sp³-hybridized carbons (Fsp3) is 0.750. The first-order valence-corrected chi connectivity index (χ1v) is 5.81. The third-order valence-electron chi connectivity index (χ3n) is 1.87. The highest BCUT2D eigenvalue weighted by molar-refractivity contribution is 5.85. The molecule has 2 unspecified atom stereocenters. The van der Waals surface area contributed by atoms with Crippen LogP contribution in [0.4, 0.5) is 0 Å². The van der Waals surface area contributed by atoms with Crippen LogP contribution >= 0.6 is 12.4 Å². The van der Waals surface area contributed by atoms with Gasteiger partial charge in [0.1, 0.15) is 0 Å². The van der Waals surface area contributed by atoms with Gasteiger partial charge in [0.2, 0.25) is 0 Å². The third kappa shape index (κ3) is 18.9. The van der Waals surface area contributed by atoms with Crippen LogP contribution in [0.25, 0.3) is 0 Å². The Bertz CT molecular complexity index is 315. The molecule has 0 spiro atoms. The Kier molecular flexibility index (Phi) is 17.1. The monoisotopic (exact) mass is 286 g/mol. The second kappa shape index (κ2) is 14.4. The summed E-state index contributed by atoms with van der Waals surface area (Å²) in [6, 6.07) is 4.10. The van der Waals surface area contributed by atoms with E-state index in [0.29, 0.717) is 13.1 Å². The van der Waals surface area contributed by atoms with Gasteiger partial charge in [-0.3, -0.25) is 5.41 Å².